The lowest BCUT2D eigenvalue weighted by Crippen LogP contribution is -2.37. The molecule has 1 amide bonds. The first kappa shape index (κ1) is 10.6. The number of nitrogens with one attached hydrogen (secondary N) is 1. The standard InChI is InChI=1S/C11H10FNO3/c12-8-3-1-7(2-4-8)10(14)13-9-5-6-16-11(9)15/h1-4,9H,5-6H2,(H,13,14). The number of hydrogen-bond donors (Lipinski definition) is 1. The third-order valence-electron chi connectivity index (χ3n) is 2.35. The molecule has 1 atom stereocenters. The van der Waals surface area contributed by atoms with Crippen molar-refractivity contribution in [1.29, 1.82) is 0 Å². The van der Waals surface area contributed by atoms with Gasteiger partial charge >= 0.3 is 5.97 Å². The van der Waals surface area contributed by atoms with E-state index in [0.29, 0.717) is 18.6 Å². The molecule has 1 aliphatic heterocycles. The molecule has 1 unspecified atom stereocenters. The Bertz CT molecular complexity index is 416. The van der Waals surface area contributed by atoms with Crippen molar-refractivity contribution in [3.05, 3.63) is 35.6 Å². The third-order valence-corrected chi connectivity index (χ3v) is 2.35. The molecule has 84 valence electrons. The molecule has 0 saturated carbocycles. The predicted octanol–water partition coefficient (Wildman–Crippen LogP) is 0.871. The van der Waals surface area contributed by atoms with Gasteiger partial charge in [-0.3, -0.25) is 4.79 Å². The largest absolute Gasteiger partial charge is 0.464 e. The molecule has 16 heavy (non-hydrogen) atoms. The molecule has 1 heterocycles. The van der Waals surface area contributed by atoms with Gasteiger partial charge in [-0.2, -0.15) is 0 Å². The fraction of sp³-hybridized carbons (Fsp3) is 0.273. The average Bonchev–Trinajstić information content (AvgIpc) is 2.65. The van der Waals surface area contributed by atoms with Crippen LogP contribution in [-0.2, 0) is 9.53 Å². The van der Waals surface area contributed by atoms with E-state index >= 15 is 0 Å². The van der Waals surface area contributed by atoms with Gasteiger partial charge in [-0.1, -0.05) is 0 Å². The summed E-state index contributed by atoms with van der Waals surface area (Å²) in [5.41, 5.74) is 0.320. The summed E-state index contributed by atoms with van der Waals surface area (Å²) in [5, 5.41) is 2.53. The maximum atomic E-state index is 12.6. The molecule has 1 aromatic rings. The van der Waals surface area contributed by atoms with E-state index in [-0.39, 0.29) is 0 Å². The first-order valence-corrected chi connectivity index (χ1v) is 4.90. The quantitative estimate of drug-likeness (QED) is 0.757. The lowest BCUT2D eigenvalue weighted by molar-refractivity contribution is -0.139. The van der Waals surface area contributed by atoms with Gasteiger partial charge in [0.15, 0.2) is 0 Å². The van der Waals surface area contributed by atoms with Crippen LogP contribution in [-0.4, -0.2) is 24.5 Å². The summed E-state index contributed by atoms with van der Waals surface area (Å²) in [4.78, 5) is 22.7. The second-order valence-electron chi connectivity index (χ2n) is 3.49. The average molecular weight is 223 g/mol. The predicted molar refractivity (Wildman–Crippen MR) is 53.2 cm³/mol. The fourth-order valence-electron chi connectivity index (χ4n) is 1.47. The Labute approximate surface area is 91.4 Å². The number of rotatable bonds is 2. The molecule has 0 spiro atoms. The number of carbonyl (C=O) groups excluding carboxylic acids is 2. The number of hydrogen-bond acceptors (Lipinski definition) is 3. The summed E-state index contributed by atoms with van der Waals surface area (Å²) in [6.07, 6.45) is 0.478. The van der Waals surface area contributed by atoms with Crippen molar-refractivity contribution < 1.29 is 18.7 Å². The lowest BCUT2D eigenvalue weighted by atomic mass is 10.2. The molecule has 0 aliphatic carbocycles. The highest BCUT2D eigenvalue weighted by molar-refractivity contribution is 5.96. The maximum absolute atomic E-state index is 12.6. The molecule has 1 N–H and O–H groups in total. The van der Waals surface area contributed by atoms with Crippen molar-refractivity contribution in [1.82, 2.24) is 5.32 Å². The molecule has 0 bridgehead atoms. The summed E-state index contributed by atoms with van der Waals surface area (Å²) in [6, 6.07) is 4.54. The minimum atomic E-state index is -0.586. The monoisotopic (exact) mass is 223 g/mol. The smallest absolute Gasteiger partial charge is 0.328 e. The van der Waals surface area contributed by atoms with Crippen LogP contribution in [0.15, 0.2) is 24.3 Å². The van der Waals surface area contributed by atoms with Gasteiger partial charge in [0.1, 0.15) is 11.9 Å². The van der Waals surface area contributed by atoms with Crippen LogP contribution in [0.25, 0.3) is 0 Å². The van der Waals surface area contributed by atoms with E-state index in [1.807, 2.05) is 0 Å². The lowest BCUT2D eigenvalue weighted by Gasteiger charge is -2.08. The number of halogens is 1. The highest BCUT2D eigenvalue weighted by Gasteiger charge is 2.28. The maximum Gasteiger partial charge on any atom is 0.328 e. The third kappa shape index (κ3) is 2.18. The highest BCUT2D eigenvalue weighted by Crippen LogP contribution is 2.08. The van der Waals surface area contributed by atoms with Gasteiger partial charge in [0.2, 0.25) is 0 Å². The topological polar surface area (TPSA) is 55.4 Å². The Morgan fingerprint density at radius 1 is 1.38 bits per heavy atom. The molecular formula is C11H10FNO3. The van der Waals surface area contributed by atoms with Crippen LogP contribution >= 0.6 is 0 Å². The molecule has 1 aromatic carbocycles. The minimum Gasteiger partial charge on any atom is -0.464 e. The Kier molecular flexibility index (Phi) is 2.85. The number of ether oxygens (including phenoxy) is 1. The van der Waals surface area contributed by atoms with Gasteiger partial charge < -0.3 is 10.1 Å². The van der Waals surface area contributed by atoms with E-state index in [1.165, 1.54) is 24.3 Å². The molecule has 0 aromatic heterocycles. The number of esters is 1. The van der Waals surface area contributed by atoms with Crippen LogP contribution in [0, 0.1) is 5.82 Å². The van der Waals surface area contributed by atoms with Gasteiger partial charge in [0.05, 0.1) is 6.61 Å². The van der Waals surface area contributed by atoms with Crippen molar-refractivity contribution in [3.63, 3.8) is 0 Å². The van der Waals surface area contributed by atoms with Crippen molar-refractivity contribution in [2.24, 2.45) is 0 Å². The zero-order valence-electron chi connectivity index (χ0n) is 8.40. The first-order valence-electron chi connectivity index (χ1n) is 4.90. The summed E-state index contributed by atoms with van der Waals surface area (Å²) >= 11 is 0. The SMILES string of the molecule is O=C(NC1CCOC1=O)c1ccc(F)cc1. The second-order valence-corrected chi connectivity index (χ2v) is 3.49. The molecular weight excluding hydrogens is 213 g/mol. The molecule has 1 aliphatic rings. The Morgan fingerprint density at radius 3 is 2.62 bits per heavy atom. The molecule has 2 rings (SSSR count). The van der Waals surface area contributed by atoms with Gasteiger partial charge in [0.25, 0.3) is 5.91 Å². The molecule has 1 saturated heterocycles. The Balaban J connectivity index is 2.02. The van der Waals surface area contributed by atoms with Crippen molar-refractivity contribution in [3.8, 4) is 0 Å². The zero-order valence-corrected chi connectivity index (χ0v) is 8.40. The molecule has 0 radical (unpaired) electrons. The van der Waals surface area contributed by atoms with E-state index in [4.69, 9.17) is 4.74 Å². The highest BCUT2D eigenvalue weighted by atomic mass is 19.1. The second kappa shape index (κ2) is 4.30. The first-order chi connectivity index (χ1) is 7.66. The van der Waals surface area contributed by atoms with Crippen LogP contribution in [0.3, 0.4) is 0 Å². The van der Waals surface area contributed by atoms with Crippen LogP contribution in [0.5, 0.6) is 0 Å². The van der Waals surface area contributed by atoms with E-state index < -0.39 is 23.7 Å². The van der Waals surface area contributed by atoms with E-state index in [2.05, 4.69) is 5.32 Å². The van der Waals surface area contributed by atoms with Crippen LogP contribution < -0.4 is 5.32 Å². The van der Waals surface area contributed by atoms with E-state index in [0.717, 1.165) is 0 Å². The number of carbonyl (C=O) groups is 2. The molecule has 1 fully saturated rings. The van der Waals surface area contributed by atoms with Crippen molar-refractivity contribution in [2.75, 3.05) is 6.61 Å². The number of benzene rings is 1. The summed E-state index contributed by atoms with van der Waals surface area (Å²) in [7, 11) is 0. The van der Waals surface area contributed by atoms with Gasteiger partial charge in [0, 0.05) is 12.0 Å². The molecule has 5 heteroatoms. The zero-order chi connectivity index (χ0) is 11.5. The van der Waals surface area contributed by atoms with Gasteiger partial charge in [-0.05, 0) is 24.3 Å². The van der Waals surface area contributed by atoms with Crippen LogP contribution in [0.4, 0.5) is 4.39 Å². The summed E-state index contributed by atoms with van der Waals surface area (Å²) in [5.74, 6) is -1.23. The normalized spacial score (nSPS) is 19.3. The Morgan fingerprint density at radius 2 is 2.06 bits per heavy atom. The van der Waals surface area contributed by atoms with Gasteiger partial charge in [-0.25, -0.2) is 9.18 Å². The van der Waals surface area contributed by atoms with Crippen LogP contribution in [0.1, 0.15) is 16.8 Å². The number of amides is 1. The van der Waals surface area contributed by atoms with E-state index in [1.54, 1.807) is 0 Å². The summed E-state index contributed by atoms with van der Waals surface area (Å²) in [6.45, 7) is 0.327. The van der Waals surface area contributed by atoms with Crippen molar-refractivity contribution in [2.45, 2.75) is 12.5 Å². The van der Waals surface area contributed by atoms with Crippen LogP contribution in [0.2, 0.25) is 0 Å². The van der Waals surface area contributed by atoms with Gasteiger partial charge in [-0.15, -0.1) is 0 Å². The molecule has 4 nitrogen and oxygen atoms in total. The summed E-state index contributed by atoms with van der Waals surface area (Å²) < 4.78 is 17.3. The fourth-order valence-corrected chi connectivity index (χ4v) is 1.47. The minimum absolute atomic E-state index is 0.320. The van der Waals surface area contributed by atoms with Crippen molar-refractivity contribution >= 4 is 11.9 Å². The van der Waals surface area contributed by atoms with E-state index in [9.17, 15) is 14.0 Å². The Hall–Kier alpha value is -1.91. The number of cyclic esters (lactones) is 1.